The van der Waals surface area contributed by atoms with Crippen molar-refractivity contribution < 1.29 is 9.59 Å². The predicted octanol–water partition coefficient (Wildman–Crippen LogP) is 0.483. The van der Waals surface area contributed by atoms with Gasteiger partial charge in [-0.05, 0) is 19.1 Å². The summed E-state index contributed by atoms with van der Waals surface area (Å²) in [4.78, 5) is 24.6. The van der Waals surface area contributed by atoms with E-state index in [2.05, 4.69) is 0 Å². The van der Waals surface area contributed by atoms with Crippen molar-refractivity contribution in [3.8, 4) is 0 Å². The van der Waals surface area contributed by atoms with Gasteiger partial charge in [0, 0.05) is 13.1 Å². The Kier molecular flexibility index (Phi) is 2.28. The first kappa shape index (κ1) is 9.86. The molecule has 1 aromatic rings. The normalized spacial score (nSPS) is 14.7. The van der Waals surface area contributed by atoms with Gasteiger partial charge in [0.25, 0.3) is 11.7 Å². The monoisotopic (exact) mass is 204 g/mol. The van der Waals surface area contributed by atoms with Gasteiger partial charge in [-0.25, -0.2) is 0 Å². The van der Waals surface area contributed by atoms with Crippen LogP contribution in [0.2, 0.25) is 0 Å². The zero-order valence-electron chi connectivity index (χ0n) is 8.49. The number of nitrogens with two attached hydrogens (primary N) is 1. The number of fused-ring (bicyclic) bond motifs is 1. The van der Waals surface area contributed by atoms with Gasteiger partial charge in [0.15, 0.2) is 0 Å². The van der Waals surface area contributed by atoms with Crippen molar-refractivity contribution in [1.82, 2.24) is 0 Å². The van der Waals surface area contributed by atoms with Gasteiger partial charge in [-0.15, -0.1) is 0 Å². The van der Waals surface area contributed by atoms with E-state index in [4.69, 9.17) is 5.73 Å². The van der Waals surface area contributed by atoms with E-state index in [-0.39, 0.29) is 0 Å². The Morgan fingerprint density at radius 2 is 2.07 bits per heavy atom. The summed E-state index contributed by atoms with van der Waals surface area (Å²) in [5, 5.41) is 0. The van der Waals surface area contributed by atoms with E-state index in [9.17, 15) is 9.59 Å². The van der Waals surface area contributed by atoms with Crippen molar-refractivity contribution in [1.29, 1.82) is 0 Å². The van der Waals surface area contributed by atoms with E-state index in [0.29, 0.717) is 24.3 Å². The number of hydrogen-bond acceptors (Lipinski definition) is 3. The molecule has 1 aromatic carbocycles. The molecule has 0 saturated heterocycles. The summed E-state index contributed by atoms with van der Waals surface area (Å²) < 4.78 is 0. The minimum atomic E-state index is -0.471. The third-order valence-electron chi connectivity index (χ3n) is 2.48. The molecule has 4 heteroatoms. The van der Waals surface area contributed by atoms with E-state index < -0.39 is 11.7 Å². The molecule has 2 N–H and O–H groups in total. The third-order valence-corrected chi connectivity index (χ3v) is 2.48. The van der Waals surface area contributed by atoms with Crippen LogP contribution in [0.15, 0.2) is 18.2 Å². The molecule has 0 saturated carbocycles. The minimum absolute atomic E-state index is 0.354. The smallest absolute Gasteiger partial charge is 0.299 e. The Balaban J connectivity index is 2.50. The van der Waals surface area contributed by atoms with E-state index >= 15 is 0 Å². The zero-order valence-corrected chi connectivity index (χ0v) is 8.49. The highest BCUT2D eigenvalue weighted by Crippen LogP contribution is 2.28. The first-order valence-corrected chi connectivity index (χ1v) is 4.82. The van der Waals surface area contributed by atoms with Crippen LogP contribution in [0.4, 0.5) is 5.69 Å². The molecule has 15 heavy (non-hydrogen) atoms. The molecule has 2 rings (SSSR count). The van der Waals surface area contributed by atoms with Crippen LogP contribution >= 0.6 is 0 Å². The minimum Gasteiger partial charge on any atom is -0.329 e. The van der Waals surface area contributed by atoms with Crippen LogP contribution in [0.1, 0.15) is 15.9 Å². The number of anilines is 1. The van der Waals surface area contributed by atoms with E-state index in [1.54, 1.807) is 12.1 Å². The highest BCUT2D eigenvalue weighted by Gasteiger charge is 2.34. The Hall–Kier alpha value is -1.68. The first-order chi connectivity index (χ1) is 7.15. The number of rotatable bonds is 2. The number of nitrogens with zero attached hydrogens (tertiary/aromatic N) is 1. The fraction of sp³-hybridized carbons (Fsp3) is 0.273. The van der Waals surface area contributed by atoms with Crippen LogP contribution in [0.25, 0.3) is 0 Å². The molecular weight excluding hydrogens is 192 g/mol. The maximum absolute atomic E-state index is 11.6. The molecule has 0 spiro atoms. The van der Waals surface area contributed by atoms with Gasteiger partial charge in [0.1, 0.15) is 0 Å². The molecule has 0 aromatic heterocycles. The van der Waals surface area contributed by atoms with Crippen molar-refractivity contribution in [2.24, 2.45) is 5.73 Å². The van der Waals surface area contributed by atoms with Gasteiger partial charge in [0.2, 0.25) is 0 Å². The van der Waals surface area contributed by atoms with E-state index in [1.165, 1.54) is 4.90 Å². The highest BCUT2D eigenvalue weighted by molar-refractivity contribution is 6.52. The lowest BCUT2D eigenvalue weighted by Crippen LogP contribution is -2.34. The van der Waals surface area contributed by atoms with Gasteiger partial charge in [-0.2, -0.15) is 0 Å². The van der Waals surface area contributed by atoms with Crippen molar-refractivity contribution in [3.63, 3.8) is 0 Å². The number of amides is 1. The van der Waals surface area contributed by atoms with Gasteiger partial charge in [0.05, 0.1) is 11.3 Å². The lowest BCUT2D eigenvalue weighted by atomic mass is 10.1. The fourth-order valence-electron chi connectivity index (χ4n) is 1.77. The Morgan fingerprint density at radius 1 is 1.33 bits per heavy atom. The molecule has 0 aliphatic carbocycles. The lowest BCUT2D eigenvalue weighted by molar-refractivity contribution is -0.114. The Labute approximate surface area is 87.7 Å². The van der Waals surface area contributed by atoms with Crippen LogP contribution in [0, 0.1) is 6.92 Å². The van der Waals surface area contributed by atoms with Gasteiger partial charge in [-0.3, -0.25) is 9.59 Å². The second-order valence-electron chi connectivity index (χ2n) is 3.60. The molecule has 1 amide bonds. The number of carbonyl (C=O) groups is 2. The van der Waals surface area contributed by atoms with Crippen molar-refractivity contribution in [2.75, 3.05) is 18.0 Å². The van der Waals surface area contributed by atoms with Crippen molar-refractivity contribution in [2.45, 2.75) is 6.92 Å². The molecule has 1 aliphatic rings. The quantitative estimate of drug-likeness (QED) is 0.713. The van der Waals surface area contributed by atoms with Crippen LogP contribution in [0.3, 0.4) is 0 Å². The summed E-state index contributed by atoms with van der Waals surface area (Å²) in [5.74, 6) is -0.900. The van der Waals surface area contributed by atoms with Crippen LogP contribution in [-0.4, -0.2) is 24.8 Å². The molecule has 4 nitrogen and oxygen atoms in total. The number of hydrogen-bond donors (Lipinski definition) is 1. The largest absolute Gasteiger partial charge is 0.329 e. The van der Waals surface area contributed by atoms with Gasteiger partial charge < -0.3 is 10.6 Å². The third kappa shape index (κ3) is 1.43. The first-order valence-electron chi connectivity index (χ1n) is 4.82. The molecule has 78 valence electrons. The molecule has 0 unspecified atom stereocenters. The van der Waals surface area contributed by atoms with Crippen LogP contribution < -0.4 is 10.6 Å². The summed E-state index contributed by atoms with van der Waals surface area (Å²) in [7, 11) is 0. The molecule has 0 radical (unpaired) electrons. The van der Waals surface area contributed by atoms with E-state index in [1.807, 2.05) is 13.0 Å². The predicted molar refractivity (Wildman–Crippen MR) is 56.9 cm³/mol. The summed E-state index contributed by atoms with van der Waals surface area (Å²) >= 11 is 0. The molecule has 1 aliphatic heterocycles. The second-order valence-corrected chi connectivity index (χ2v) is 3.60. The zero-order chi connectivity index (χ0) is 11.0. The number of ketones is 1. The van der Waals surface area contributed by atoms with Gasteiger partial charge in [-0.1, -0.05) is 11.6 Å². The molecule has 1 heterocycles. The van der Waals surface area contributed by atoms with Crippen molar-refractivity contribution in [3.05, 3.63) is 29.3 Å². The lowest BCUT2D eigenvalue weighted by Gasteiger charge is -2.14. The number of carbonyl (C=O) groups excluding carboxylic acids is 2. The summed E-state index contributed by atoms with van der Waals surface area (Å²) in [6.45, 7) is 2.64. The van der Waals surface area contributed by atoms with E-state index in [0.717, 1.165) is 5.56 Å². The average Bonchev–Trinajstić information content (AvgIpc) is 2.44. The Morgan fingerprint density at radius 3 is 2.73 bits per heavy atom. The van der Waals surface area contributed by atoms with Crippen molar-refractivity contribution >= 4 is 17.4 Å². The second kappa shape index (κ2) is 3.47. The number of benzene rings is 1. The topological polar surface area (TPSA) is 63.4 Å². The highest BCUT2D eigenvalue weighted by atomic mass is 16.2. The van der Waals surface area contributed by atoms with Crippen LogP contribution in [0.5, 0.6) is 0 Å². The maximum Gasteiger partial charge on any atom is 0.299 e. The molecule has 0 fully saturated rings. The van der Waals surface area contributed by atoms with Crippen LogP contribution in [-0.2, 0) is 4.79 Å². The average molecular weight is 204 g/mol. The molecule has 0 bridgehead atoms. The maximum atomic E-state index is 11.6. The SMILES string of the molecule is Cc1ccc2c(c1)C(=O)C(=O)N2CCN. The van der Waals surface area contributed by atoms with Gasteiger partial charge >= 0.3 is 0 Å². The molecule has 0 atom stereocenters. The standard InChI is InChI=1S/C11H12N2O2/c1-7-2-3-9-8(6-7)10(14)11(15)13(9)5-4-12/h2-3,6H,4-5,12H2,1H3. The molecular formula is C11H12N2O2. The fourth-order valence-corrected chi connectivity index (χ4v) is 1.77. The number of aryl methyl sites for hydroxylation is 1. The summed E-state index contributed by atoms with van der Waals surface area (Å²) in [6.07, 6.45) is 0. The summed E-state index contributed by atoms with van der Waals surface area (Å²) in [5.41, 5.74) is 7.55. The Bertz CT molecular complexity index is 440. The summed E-state index contributed by atoms with van der Waals surface area (Å²) in [6, 6.07) is 5.42. The number of Topliss-reactive ketones (excluding diaryl/α,β-unsaturated/α-hetero) is 1.